The number of carbonyl (C=O) groups is 7. The Morgan fingerprint density at radius 3 is 1.93 bits per heavy atom. The number of H-pyrrole nitrogens is 1. The number of phenols is 1. The highest BCUT2D eigenvalue weighted by atomic mass is 16.3. The summed E-state index contributed by atoms with van der Waals surface area (Å²) in [5.41, 5.74) is 17.1. The zero-order valence-electron chi connectivity index (χ0n) is 33.6. The lowest BCUT2D eigenvalue weighted by atomic mass is 9.96. The van der Waals surface area contributed by atoms with E-state index < -0.39 is 89.9 Å². The first-order valence-electron chi connectivity index (χ1n) is 19.0. The van der Waals surface area contributed by atoms with E-state index in [9.17, 15) is 38.7 Å². The van der Waals surface area contributed by atoms with Gasteiger partial charge >= 0.3 is 0 Å². The molecule has 21 heteroatoms. The molecule has 320 valence electrons. The van der Waals surface area contributed by atoms with Gasteiger partial charge < -0.3 is 64.5 Å². The van der Waals surface area contributed by atoms with E-state index >= 15 is 0 Å². The number of nitrogens with zero attached hydrogens (tertiary/aromatic N) is 2. The average Bonchev–Trinajstić information content (AvgIpc) is 3.69. The molecule has 1 heterocycles. The largest absolute Gasteiger partial charge is 0.508 e. The van der Waals surface area contributed by atoms with E-state index in [4.69, 9.17) is 17.2 Å². The summed E-state index contributed by atoms with van der Waals surface area (Å²) in [5.74, 6) is -5.91. The van der Waals surface area contributed by atoms with Crippen molar-refractivity contribution in [3.63, 3.8) is 0 Å². The minimum Gasteiger partial charge on any atom is -0.508 e. The number of rotatable bonds is 25. The monoisotopic (exact) mass is 813 g/mol. The standard InChI is InChI=1S/C37H59N13O8/c1-6-21(4)31(36(58)48-27(15-23-16-42-19-45-23)32(54)44-17-28(38)52)50-34(56)26(14-22-9-11-24(51)12-10-22)47-35(57)30(20(2)3)49-33(55)25(46-29(53)18-41-5)8-7-13-43-37(39)40/h9-12,16,19-21,25-27,30-31,41,51H,6-8,13-15,17-18H2,1-5H3,(H2,38,52)(H,42,45)(H,44,54)(H,46,53)(H,47,57)(H,48,58)(H,49,55)(H,50,56)(H4,39,40,43)/t21-,25-,26-,27-,30-,31-/m0/s1. The topological polar surface area (TPSA) is 343 Å². The average molecular weight is 814 g/mol. The highest BCUT2D eigenvalue weighted by molar-refractivity contribution is 5.97. The molecule has 21 nitrogen and oxygen atoms in total. The van der Waals surface area contributed by atoms with Gasteiger partial charge in [-0.15, -0.1) is 0 Å². The van der Waals surface area contributed by atoms with Gasteiger partial charge in [-0.2, -0.15) is 0 Å². The van der Waals surface area contributed by atoms with Crippen LogP contribution < -0.4 is 54.4 Å². The number of nitrogens with two attached hydrogens (primary N) is 3. The Morgan fingerprint density at radius 2 is 1.38 bits per heavy atom. The van der Waals surface area contributed by atoms with Crippen LogP contribution in [0.3, 0.4) is 0 Å². The third kappa shape index (κ3) is 16.9. The van der Waals surface area contributed by atoms with Crippen LogP contribution in [-0.4, -0.2) is 119 Å². The van der Waals surface area contributed by atoms with Crippen molar-refractivity contribution in [2.75, 3.05) is 26.7 Å². The predicted molar refractivity (Wildman–Crippen MR) is 214 cm³/mol. The number of nitrogens with one attached hydrogen (secondary N) is 8. The summed E-state index contributed by atoms with van der Waals surface area (Å²) in [4.78, 5) is 103. The summed E-state index contributed by atoms with van der Waals surface area (Å²) in [6.07, 6.45) is 3.64. The number of aromatic hydroxyl groups is 1. The summed E-state index contributed by atoms with van der Waals surface area (Å²) >= 11 is 0. The number of hydrogen-bond acceptors (Lipinski definition) is 11. The minimum absolute atomic E-state index is 0.0240. The van der Waals surface area contributed by atoms with Gasteiger partial charge in [0.05, 0.1) is 19.4 Å². The quantitative estimate of drug-likeness (QED) is 0.0270. The van der Waals surface area contributed by atoms with Gasteiger partial charge in [-0.3, -0.25) is 38.6 Å². The van der Waals surface area contributed by atoms with Crippen molar-refractivity contribution >= 4 is 47.3 Å². The van der Waals surface area contributed by atoms with Gasteiger partial charge in [-0.1, -0.05) is 46.2 Å². The zero-order chi connectivity index (χ0) is 43.4. The van der Waals surface area contributed by atoms with Crippen molar-refractivity contribution in [2.45, 2.75) is 90.0 Å². The molecule has 0 aliphatic heterocycles. The molecule has 6 atom stereocenters. The van der Waals surface area contributed by atoms with Crippen molar-refractivity contribution in [3.05, 3.63) is 48.0 Å². The van der Waals surface area contributed by atoms with Crippen molar-refractivity contribution in [1.29, 1.82) is 0 Å². The summed E-state index contributed by atoms with van der Waals surface area (Å²) in [6, 6.07) is 0.0181. The lowest BCUT2D eigenvalue weighted by molar-refractivity contribution is -0.136. The zero-order valence-corrected chi connectivity index (χ0v) is 33.6. The van der Waals surface area contributed by atoms with Gasteiger partial charge in [0, 0.05) is 31.3 Å². The highest BCUT2D eigenvalue weighted by Gasteiger charge is 2.35. The molecule has 0 saturated carbocycles. The first-order chi connectivity index (χ1) is 27.4. The number of phenolic OH excluding ortho intramolecular Hbond substituents is 1. The van der Waals surface area contributed by atoms with Crippen LogP contribution in [0.5, 0.6) is 5.75 Å². The normalized spacial score (nSPS) is 14.0. The third-order valence-corrected chi connectivity index (χ3v) is 9.03. The Bertz CT molecular complexity index is 1700. The Hall–Kier alpha value is -6.25. The molecule has 0 spiro atoms. The molecule has 0 aliphatic carbocycles. The molecule has 58 heavy (non-hydrogen) atoms. The Labute approximate surface area is 337 Å². The van der Waals surface area contributed by atoms with Crippen molar-refractivity contribution < 1.29 is 38.7 Å². The van der Waals surface area contributed by atoms with Gasteiger partial charge in [0.1, 0.15) is 36.0 Å². The maximum Gasteiger partial charge on any atom is 0.243 e. The number of amides is 7. The predicted octanol–water partition coefficient (Wildman–Crippen LogP) is -3.10. The van der Waals surface area contributed by atoms with Gasteiger partial charge in [0.15, 0.2) is 5.96 Å². The van der Waals surface area contributed by atoms with Gasteiger partial charge in [-0.25, -0.2) is 4.98 Å². The second-order valence-electron chi connectivity index (χ2n) is 14.2. The fourth-order valence-corrected chi connectivity index (χ4v) is 5.65. The molecule has 2 aromatic rings. The highest BCUT2D eigenvalue weighted by Crippen LogP contribution is 2.15. The first kappa shape index (κ1) is 47.9. The molecule has 0 bridgehead atoms. The number of guanidine groups is 1. The van der Waals surface area contributed by atoms with Crippen LogP contribution >= 0.6 is 0 Å². The molecule has 0 saturated heterocycles. The van der Waals surface area contributed by atoms with E-state index in [0.717, 1.165) is 0 Å². The Morgan fingerprint density at radius 1 is 0.776 bits per heavy atom. The van der Waals surface area contributed by atoms with Crippen molar-refractivity contribution in [2.24, 2.45) is 34.0 Å². The molecule has 0 aliphatic rings. The van der Waals surface area contributed by atoms with E-state index in [-0.39, 0.29) is 44.1 Å². The lowest BCUT2D eigenvalue weighted by Crippen LogP contribution is -2.61. The molecule has 2 rings (SSSR count). The van der Waals surface area contributed by atoms with Crippen LogP contribution in [0.4, 0.5) is 0 Å². The number of hydrogen-bond donors (Lipinski definition) is 12. The fourth-order valence-electron chi connectivity index (χ4n) is 5.65. The van der Waals surface area contributed by atoms with Crippen molar-refractivity contribution in [1.82, 2.24) is 47.2 Å². The number of primary amides is 1. The number of imidazole rings is 1. The number of benzene rings is 1. The number of carbonyl (C=O) groups excluding carboxylic acids is 7. The summed E-state index contributed by atoms with van der Waals surface area (Å²) in [7, 11) is 1.57. The molecule has 0 unspecified atom stereocenters. The van der Waals surface area contributed by atoms with E-state index in [1.165, 1.54) is 24.7 Å². The van der Waals surface area contributed by atoms with E-state index in [2.05, 4.69) is 52.2 Å². The molecular weight excluding hydrogens is 754 g/mol. The number of aromatic amines is 1. The van der Waals surface area contributed by atoms with E-state index in [0.29, 0.717) is 24.1 Å². The minimum atomic E-state index is -1.31. The summed E-state index contributed by atoms with van der Waals surface area (Å²) in [5, 5.41) is 28.5. The maximum absolute atomic E-state index is 14.2. The SMILES string of the molecule is CC[C@H](C)[C@H](NC(=O)[C@H](Cc1ccc(O)cc1)NC(=O)[C@@H](NC(=O)[C@H](CCCN=C(N)N)NC(=O)CNC)C(C)C)C(=O)N[C@@H](Cc1cnc[nH]1)C(=O)NCC(N)=O. The molecule has 0 radical (unpaired) electrons. The van der Waals surface area contributed by atoms with E-state index in [1.54, 1.807) is 46.9 Å². The molecular formula is C37H59N13O8. The Balaban J connectivity index is 2.39. The molecule has 15 N–H and O–H groups in total. The smallest absolute Gasteiger partial charge is 0.243 e. The molecule has 1 aromatic heterocycles. The third-order valence-electron chi connectivity index (χ3n) is 9.03. The summed E-state index contributed by atoms with van der Waals surface area (Å²) in [6.45, 7) is 6.57. The molecule has 1 aromatic carbocycles. The Kier molecular flexibility index (Phi) is 20.2. The second-order valence-corrected chi connectivity index (χ2v) is 14.2. The number of aliphatic imine (C=N–C) groups is 1. The summed E-state index contributed by atoms with van der Waals surface area (Å²) < 4.78 is 0. The number of likely N-dealkylation sites (N-methyl/N-ethyl adjacent to an activating group) is 1. The van der Waals surface area contributed by atoms with E-state index in [1.807, 2.05) is 0 Å². The molecule has 0 fully saturated rings. The van der Waals surface area contributed by atoms with Crippen molar-refractivity contribution in [3.8, 4) is 5.75 Å². The van der Waals surface area contributed by atoms with Gasteiger partial charge in [0.25, 0.3) is 0 Å². The second kappa shape index (κ2) is 24.4. The van der Waals surface area contributed by atoms with Gasteiger partial charge in [0.2, 0.25) is 41.4 Å². The number of aromatic nitrogens is 2. The van der Waals surface area contributed by atoms with Crippen LogP contribution in [-0.2, 0) is 46.4 Å². The fraction of sp³-hybridized carbons (Fsp3) is 0.541. The molecule has 7 amide bonds. The maximum atomic E-state index is 14.2. The lowest BCUT2D eigenvalue weighted by Gasteiger charge is -2.30. The van der Waals surface area contributed by atoms with Crippen LogP contribution in [0.25, 0.3) is 0 Å². The van der Waals surface area contributed by atoms with Crippen LogP contribution in [0.15, 0.2) is 41.8 Å². The van der Waals surface area contributed by atoms with Crippen LogP contribution in [0, 0.1) is 11.8 Å². The van der Waals surface area contributed by atoms with Gasteiger partial charge in [-0.05, 0) is 49.4 Å². The van der Waals surface area contributed by atoms with Crippen LogP contribution in [0.2, 0.25) is 0 Å². The first-order valence-corrected chi connectivity index (χ1v) is 19.0. The van der Waals surface area contributed by atoms with Crippen LogP contribution in [0.1, 0.15) is 58.2 Å².